The van der Waals surface area contributed by atoms with E-state index in [1.54, 1.807) is 6.20 Å². The summed E-state index contributed by atoms with van der Waals surface area (Å²) < 4.78 is 28.1. The largest absolute Gasteiger partial charge is 0.491 e. The number of anilines is 1. The van der Waals surface area contributed by atoms with E-state index in [2.05, 4.69) is 32.8 Å². The van der Waals surface area contributed by atoms with Crippen LogP contribution in [0.1, 0.15) is 70.2 Å². The molecule has 2 amide bonds. The van der Waals surface area contributed by atoms with Crippen molar-refractivity contribution in [3.05, 3.63) is 84.2 Å². The average Bonchev–Trinajstić information content (AvgIpc) is 3.23. The number of carbonyl (C=O) groups is 3. The van der Waals surface area contributed by atoms with Crippen molar-refractivity contribution >= 4 is 34.5 Å². The van der Waals surface area contributed by atoms with Crippen molar-refractivity contribution in [2.75, 3.05) is 77.9 Å². The molecule has 4 aromatic rings. The smallest absolute Gasteiger partial charge is 0.305 e. The minimum absolute atomic E-state index is 0.253. The molecule has 0 bridgehead atoms. The van der Waals surface area contributed by atoms with Gasteiger partial charge in [0.25, 0.3) is 0 Å². The highest BCUT2D eigenvalue weighted by atomic mass is 16.6. The molecule has 0 fully saturated rings. The Hall–Kier alpha value is -5.15. The zero-order valence-corrected chi connectivity index (χ0v) is 34.4. The molecule has 3 aromatic carbocycles. The number of nitrogens with zero attached hydrogens (tertiary/aromatic N) is 2. The molecule has 14 nitrogen and oxygen atoms in total. The molecule has 316 valence electrons. The molecular weight excluding hydrogens is 743 g/mol. The number of carboxylic acid groups (broad SMARTS) is 1. The number of nitrogens with one attached hydrogen (secondary N) is 3. The van der Waals surface area contributed by atoms with Gasteiger partial charge in [0.2, 0.25) is 17.8 Å². The summed E-state index contributed by atoms with van der Waals surface area (Å²) in [6, 6.07) is 20.4. The molecule has 0 saturated carbocycles. The molecule has 0 spiro atoms. The second kappa shape index (κ2) is 28.3. The third kappa shape index (κ3) is 18.0. The molecule has 58 heavy (non-hydrogen) atoms. The van der Waals surface area contributed by atoms with Crippen LogP contribution in [-0.4, -0.2) is 105 Å². The van der Waals surface area contributed by atoms with Crippen LogP contribution in [0.25, 0.3) is 21.9 Å². The number of unbranched alkanes of at least 4 members (excludes halogenated alkanes) is 1. The lowest BCUT2D eigenvalue weighted by Crippen LogP contribution is -2.39. The van der Waals surface area contributed by atoms with Gasteiger partial charge in [-0.1, -0.05) is 75.4 Å². The fraction of sp³-hybridized carbons (Fsp3) is 0.477. The Bertz CT molecular complexity index is 1790. The molecule has 4 rings (SSSR count). The summed E-state index contributed by atoms with van der Waals surface area (Å²) in [4.78, 5) is 45.3. The quantitative estimate of drug-likeness (QED) is 0.0458. The van der Waals surface area contributed by atoms with E-state index in [9.17, 15) is 19.5 Å². The molecular formula is C44H61N5O9. The number of fused-ring (bicyclic) bond motifs is 1. The Kier molecular flexibility index (Phi) is 23.0. The SMILES string of the molecule is CC.CCCOCCOCCOCCOCCOc1ccc(-c2ccc([C@H](CC(=O)O)NC(=O)CNC(=O)CCCCNc3nccc(C)n3)cc2)c2ccccc12. The van der Waals surface area contributed by atoms with Crippen molar-refractivity contribution in [2.45, 2.75) is 65.8 Å². The molecule has 14 heteroatoms. The van der Waals surface area contributed by atoms with Crippen molar-refractivity contribution in [2.24, 2.45) is 0 Å². The van der Waals surface area contributed by atoms with Crippen LogP contribution in [0.4, 0.5) is 5.95 Å². The predicted octanol–water partition coefficient (Wildman–Crippen LogP) is 6.52. The van der Waals surface area contributed by atoms with E-state index in [0.717, 1.165) is 52.8 Å². The Morgan fingerprint density at radius 2 is 1.38 bits per heavy atom. The minimum atomic E-state index is -1.06. The topological polar surface area (TPSA) is 179 Å². The van der Waals surface area contributed by atoms with Crippen molar-refractivity contribution in [3.8, 4) is 16.9 Å². The number of hydrogen-bond donors (Lipinski definition) is 4. The van der Waals surface area contributed by atoms with Gasteiger partial charge in [-0.15, -0.1) is 0 Å². The number of ether oxygens (including phenoxy) is 5. The third-order valence-electron chi connectivity index (χ3n) is 8.53. The van der Waals surface area contributed by atoms with E-state index in [1.165, 1.54) is 0 Å². The number of hydrogen-bond acceptors (Lipinski definition) is 11. The van der Waals surface area contributed by atoms with Gasteiger partial charge in [-0.05, 0) is 60.4 Å². The number of aromatic nitrogens is 2. The van der Waals surface area contributed by atoms with Crippen molar-refractivity contribution in [1.82, 2.24) is 20.6 Å². The molecule has 0 aliphatic rings. The Morgan fingerprint density at radius 1 is 0.741 bits per heavy atom. The van der Waals surface area contributed by atoms with Gasteiger partial charge in [-0.3, -0.25) is 14.4 Å². The molecule has 0 radical (unpaired) electrons. The molecule has 0 saturated heterocycles. The summed E-state index contributed by atoms with van der Waals surface area (Å²) in [6.07, 6.45) is 3.96. The van der Waals surface area contributed by atoms with Crippen LogP contribution in [0.5, 0.6) is 5.75 Å². The van der Waals surface area contributed by atoms with Gasteiger partial charge in [0.1, 0.15) is 12.4 Å². The van der Waals surface area contributed by atoms with Crippen LogP contribution in [0.3, 0.4) is 0 Å². The van der Waals surface area contributed by atoms with E-state index in [4.69, 9.17) is 23.7 Å². The predicted molar refractivity (Wildman–Crippen MR) is 225 cm³/mol. The lowest BCUT2D eigenvalue weighted by molar-refractivity contribution is -0.138. The number of aryl methyl sites for hydroxylation is 1. The maximum absolute atomic E-state index is 12.8. The molecule has 1 aromatic heterocycles. The number of rotatable bonds is 28. The van der Waals surface area contributed by atoms with Gasteiger partial charge >= 0.3 is 5.97 Å². The molecule has 4 N–H and O–H groups in total. The van der Waals surface area contributed by atoms with Crippen molar-refractivity contribution < 1.29 is 43.2 Å². The lowest BCUT2D eigenvalue weighted by atomic mass is 9.95. The first-order valence-electron chi connectivity index (χ1n) is 20.2. The first-order valence-corrected chi connectivity index (χ1v) is 20.2. The number of carbonyl (C=O) groups excluding carboxylic acids is 2. The maximum Gasteiger partial charge on any atom is 0.305 e. The zero-order valence-electron chi connectivity index (χ0n) is 34.4. The van der Waals surface area contributed by atoms with Crippen LogP contribution >= 0.6 is 0 Å². The maximum atomic E-state index is 12.8. The normalized spacial score (nSPS) is 11.3. The van der Waals surface area contributed by atoms with Gasteiger partial charge in [0, 0.05) is 36.8 Å². The van der Waals surface area contributed by atoms with Crippen LogP contribution in [0.2, 0.25) is 0 Å². The highest BCUT2D eigenvalue weighted by Crippen LogP contribution is 2.35. The minimum Gasteiger partial charge on any atom is -0.491 e. The van der Waals surface area contributed by atoms with E-state index in [1.807, 2.05) is 87.5 Å². The van der Waals surface area contributed by atoms with Crippen molar-refractivity contribution in [3.63, 3.8) is 0 Å². The van der Waals surface area contributed by atoms with E-state index in [0.29, 0.717) is 77.3 Å². The zero-order chi connectivity index (χ0) is 41.8. The highest BCUT2D eigenvalue weighted by Gasteiger charge is 2.19. The summed E-state index contributed by atoms with van der Waals surface area (Å²) in [5.41, 5.74) is 3.40. The van der Waals surface area contributed by atoms with Gasteiger partial charge < -0.3 is 44.7 Å². The lowest BCUT2D eigenvalue weighted by Gasteiger charge is -2.19. The van der Waals surface area contributed by atoms with E-state index in [-0.39, 0.29) is 25.3 Å². The monoisotopic (exact) mass is 803 g/mol. The van der Waals surface area contributed by atoms with Crippen LogP contribution < -0.4 is 20.7 Å². The first kappa shape index (κ1) is 47.2. The molecule has 0 unspecified atom stereocenters. The molecule has 0 aliphatic heterocycles. The van der Waals surface area contributed by atoms with Crippen LogP contribution in [0, 0.1) is 6.92 Å². The standard InChI is InChI=1S/C42H55N5O9.C2H6/c1-3-20-52-21-22-53-23-24-54-25-26-55-27-28-56-38-16-15-34(35-8-4-5-9-36(35)38)32-11-13-33(14-12-32)37(29-41(50)51)47-40(49)30-45-39(48)10-6-7-18-43-42-44-19-17-31(2)46-42;1-2/h4-5,8-9,11-17,19,37H,3,6-7,10,18,20-30H2,1-2H3,(H,45,48)(H,47,49)(H,50,51)(H,43,44,46);1-2H3/t37-;/m0./s1. The molecule has 0 aliphatic carbocycles. The molecule has 1 heterocycles. The van der Waals surface area contributed by atoms with E-state index < -0.39 is 17.9 Å². The van der Waals surface area contributed by atoms with Gasteiger partial charge in [0.05, 0.1) is 65.3 Å². The first-order chi connectivity index (χ1) is 28.3. The fourth-order valence-electron chi connectivity index (χ4n) is 5.74. The van der Waals surface area contributed by atoms with Gasteiger partial charge in [0.15, 0.2) is 0 Å². The number of amides is 2. The third-order valence-corrected chi connectivity index (χ3v) is 8.53. The summed E-state index contributed by atoms with van der Waals surface area (Å²) in [6.45, 7) is 13.0. The van der Waals surface area contributed by atoms with Crippen LogP contribution in [0.15, 0.2) is 72.9 Å². The Balaban J connectivity index is 0.00000443. The Labute approximate surface area is 342 Å². The second-order valence-electron chi connectivity index (χ2n) is 13.0. The fourth-order valence-corrected chi connectivity index (χ4v) is 5.74. The number of benzene rings is 3. The highest BCUT2D eigenvalue weighted by molar-refractivity contribution is 6.00. The average molecular weight is 804 g/mol. The van der Waals surface area contributed by atoms with Crippen molar-refractivity contribution in [1.29, 1.82) is 0 Å². The van der Waals surface area contributed by atoms with E-state index >= 15 is 0 Å². The Morgan fingerprint density at radius 3 is 2.02 bits per heavy atom. The second-order valence-corrected chi connectivity index (χ2v) is 13.0. The number of carboxylic acids is 1. The van der Waals surface area contributed by atoms with Crippen LogP contribution in [-0.2, 0) is 33.3 Å². The summed E-state index contributed by atoms with van der Waals surface area (Å²) in [5, 5.41) is 20.1. The summed E-state index contributed by atoms with van der Waals surface area (Å²) in [5.74, 6) is -0.506. The van der Waals surface area contributed by atoms with Gasteiger partial charge in [-0.2, -0.15) is 0 Å². The molecule has 1 atom stereocenters. The van der Waals surface area contributed by atoms with Gasteiger partial charge in [-0.25, -0.2) is 9.97 Å². The summed E-state index contributed by atoms with van der Waals surface area (Å²) in [7, 11) is 0. The number of aliphatic carboxylic acids is 1. The summed E-state index contributed by atoms with van der Waals surface area (Å²) >= 11 is 0.